The number of piperidine rings is 1. The number of anilines is 1. The van der Waals surface area contributed by atoms with Gasteiger partial charge < -0.3 is 15.3 Å². The second kappa shape index (κ2) is 5.85. The zero-order valence-electron chi connectivity index (χ0n) is 10.5. The number of hydrogen-bond donors (Lipinski definition) is 2. The van der Waals surface area contributed by atoms with Crippen molar-refractivity contribution in [2.75, 3.05) is 25.5 Å². The molecular formula is C12H16BrN3O3. The van der Waals surface area contributed by atoms with Gasteiger partial charge >= 0.3 is 0 Å². The molecule has 1 aromatic rings. The van der Waals surface area contributed by atoms with Crippen molar-refractivity contribution >= 4 is 27.3 Å². The molecule has 1 aromatic carbocycles. The highest BCUT2D eigenvalue weighted by Crippen LogP contribution is 2.29. The van der Waals surface area contributed by atoms with Crippen LogP contribution < -0.4 is 5.32 Å². The third-order valence-electron chi connectivity index (χ3n) is 3.28. The standard InChI is InChI=1S/C12H16BrN3O3/c1-15-5-4-10(12(17)7-15)14-9-3-2-8(13)6-11(9)16(18)19/h2-3,6,10,12,14,17H,4-5,7H2,1H3/t10-,12-/m1/s1. The van der Waals surface area contributed by atoms with Crippen molar-refractivity contribution in [1.29, 1.82) is 0 Å². The number of rotatable bonds is 3. The first kappa shape index (κ1) is 14.2. The summed E-state index contributed by atoms with van der Waals surface area (Å²) in [7, 11) is 1.95. The molecule has 0 bridgehead atoms. The molecule has 6 nitrogen and oxygen atoms in total. The summed E-state index contributed by atoms with van der Waals surface area (Å²) in [4.78, 5) is 12.6. The highest BCUT2D eigenvalue weighted by molar-refractivity contribution is 9.10. The Kier molecular flexibility index (Phi) is 4.38. The Bertz CT molecular complexity index is 483. The van der Waals surface area contributed by atoms with Gasteiger partial charge in [0.1, 0.15) is 5.69 Å². The van der Waals surface area contributed by atoms with E-state index in [1.165, 1.54) is 6.07 Å². The maximum absolute atomic E-state index is 11.0. The molecule has 0 unspecified atom stereocenters. The molecule has 0 saturated carbocycles. The SMILES string of the molecule is CN1CC[C@@H](Nc2ccc(Br)cc2[N+](=O)[O-])[C@H](O)C1. The lowest BCUT2D eigenvalue weighted by Gasteiger charge is -2.34. The number of nitrogens with one attached hydrogen (secondary N) is 1. The smallest absolute Gasteiger partial charge is 0.293 e. The molecule has 2 atom stereocenters. The predicted octanol–water partition coefficient (Wildman–Crippen LogP) is 1.83. The van der Waals surface area contributed by atoms with E-state index in [0.717, 1.165) is 13.0 Å². The number of nitro benzene ring substituents is 1. The summed E-state index contributed by atoms with van der Waals surface area (Å²) in [6.45, 7) is 1.43. The first-order valence-electron chi connectivity index (χ1n) is 6.04. The molecule has 0 aliphatic carbocycles. The van der Waals surface area contributed by atoms with Gasteiger partial charge in [-0.2, -0.15) is 0 Å². The molecule has 0 aromatic heterocycles. The average molecular weight is 330 g/mol. The molecule has 1 fully saturated rings. The summed E-state index contributed by atoms with van der Waals surface area (Å²) >= 11 is 3.22. The van der Waals surface area contributed by atoms with Crippen molar-refractivity contribution in [3.8, 4) is 0 Å². The van der Waals surface area contributed by atoms with Gasteiger partial charge in [0.25, 0.3) is 5.69 Å². The van der Waals surface area contributed by atoms with Crippen molar-refractivity contribution in [1.82, 2.24) is 4.90 Å². The predicted molar refractivity (Wildman–Crippen MR) is 76.3 cm³/mol. The largest absolute Gasteiger partial charge is 0.390 e. The molecular weight excluding hydrogens is 314 g/mol. The van der Waals surface area contributed by atoms with E-state index in [4.69, 9.17) is 0 Å². The molecule has 1 aliphatic rings. The minimum atomic E-state index is -0.526. The summed E-state index contributed by atoms with van der Waals surface area (Å²) < 4.78 is 0.661. The number of nitrogens with zero attached hydrogens (tertiary/aromatic N) is 2. The number of hydrogen-bond acceptors (Lipinski definition) is 5. The van der Waals surface area contributed by atoms with E-state index >= 15 is 0 Å². The Labute approximate surface area is 119 Å². The molecule has 104 valence electrons. The van der Waals surface area contributed by atoms with E-state index < -0.39 is 11.0 Å². The number of likely N-dealkylation sites (N-methyl/N-ethyl adjacent to an activating group) is 1. The van der Waals surface area contributed by atoms with Gasteiger partial charge in [0.15, 0.2) is 0 Å². The van der Waals surface area contributed by atoms with E-state index in [2.05, 4.69) is 21.2 Å². The monoisotopic (exact) mass is 329 g/mol. The van der Waals surface area contributed by atoms with Crippen LogP contribution in [0, 0.1) is 10.1 Å². The quantitative estimate of drug-likeness (QED) is 0.653. The van der Waals surface area contributed by atoms with E-state index in [-0.39, 0.29) is 11.7 Å². The van der Waals surface area contributed by atoms with E-state index in [0.29, 0.717) is 16.7 Å². The van der Waals surface area contributed by atoms with Gasteiger partial charge in [-0.15, -0.1) is 0 Å². The Hall–Kier alpha value is -1.18. The second-order valence-electron chi connectivity index (χ2n) is 4.79. The van der Waals surface area contributed by atoms with Crippen LogP contribution in [0.1, 0.15) is 6.42 Å². The highest BCUT2D eigenvalue weighted by atomic mass is 79.9. The lowest BCUT2D eigenvalue weighted by molar-refractivity contribution is -0.384. The number of likely N-dealkylation sites (tertiary alicyclic amines) is 1. The zero-order chi connectivity index (χ0) is 14.0. The van der Waals surface area contributed by atoms with Crippen LogP contribution in [0.2, 0.25) is 0 Å². The maximum Gasteiger partial charge on any atom is 0.293 e. The molecule has 1 heterocycles. The van der Waals surface area contributed by atoms with Crippen LogP contribution in [-0.2, 0) is 0 Å². The van der Waals surface area contributed by atoms with Gasteiger partial charge in [-0.1, -0.05) is 15.9 Å². The third-order valence-corrected chi connectivity index (χ3v) is 3.78. The molecule has 0 spiro atoms. The molecule has 7 heteroatoms. The number of β-amino-alcohol motifs (C(OH)–C–C–N with tert-alkyl or cyclic N) is 1. The average Bonchev–Trinajstić information content (AvgIpc) is 2.34. The number of benzene rings is 1. The molecule has 1 aliphatic heterocycles. The fourth-order valence-corrected chi connectivity index (χ4v) is 2.58. The van der Waals surface area contributed by atoms with Crippen molar-refractivity contribution in [2.24, 2.45) is 0 Å². The van der Waals surface area contributed by atoms with Crippen molar-refractivity contribution in [3.05, 3.63) is 32.8 Å². The van der Waals surface area contributed by atoms with Crippen LogP contribution in [0.15, 0.2) is 22.7 Å². The fourth-order valence-electron chi connectivity index (χ4n) is 2.24. The first-order chi connectivity index (χ1) is 8.97. The number of nitro groups is 1. The van der Waals surface area contributed by atoms with Gasteiger partial charge in [-0.3, -0.25) is 10.1 Å². The lowest BCUT2D eigenvalue weighted by atomic mass is 10.0. The number of aliphatic hydroxyl groups excluding tert-OH is 1. The Balaban J connectivity index is 2.17. The fraction of sp³-hybridized carbons (Fsp3) is 0.500. The van der Waals surface area contributed by atoms with Crippen LogP contribution >= 0.6 is 15.9 Å². The normalized spacial score (nSPS) is 24.2. The maximum atomic E-state index is 11.0. The van der Waals surface area contributed by atoms with Gasteiger partial charge in [0.05, 0.1) is 17.1 Å². The molecule has 2 rings (SSSR count). The van der Waals surface area contributed by atoms with Crippen LogP contribution in [0.4, 0.5) is 11.4 Å². The summed E-state index contributed by atoms with van der Waals surface area (Å²) in [5, 5.41) is 24.1. The minimum absolute atomic E-state index is 0.0144. The number of aliphatic hydroxyl groups is 1. The summed E-state index contributed by atoms with van der Waals surface area (Å²) in [6, 6.07) is 4.71. The van der Waals surface area contributed by atoms with Crippen LogP contribution in [-0.4, -0.2) is 47.2 Å². The van der Waals surface area contributed by atoms with Crippen molar-refractivity contribution < 1.29 is 10.0 Å². The molecule has 2 N–H and O–H groups in total. The lowest BCUT2D eigenvalue weighted by Crippen LogP contribution is -2.48. The Morgan fingerprint density at radius 3 is 2.95 bits per heavy atom. The van der Waals surface area contributed by atoms with Gasteiger partial charge in [-0.25, -0.2) is 0 Å². The minimum Gasteiger partial charge on any atom is -0.390 e. The van der Waals surface area contributed by atoms with Gasteiger partial charge in [-0.05, 0) is 32.1 Å². The van der Waals surface area contributed by atoms with Gasteiger partial charge in [0, 0.05) is 17.1 Å². The summed E-state index contributed by atoms with van der Waals surface area (Å²) in [5.74, 6) is 0. The van der Waals surface area contributed by atoms with Crippen LogP contribution in [0.25, 0.3) is 0 Å². The van der Waals surface area contributed by atoms with Crippen molar-refractivity contribution in [2.45, 2.75) is 18.6 Å². The van der Waals surface area contributed by atoms with E-state index in [1.54, 1.807) is 12.1 Å². The Morgan fingerprint density at radius 2 is 2.32 bits per heavy atom. The zero-order valence-corrected chi connectivity index (χ0v) is 12.1. The van der Waals surface area contributed by atoms with Gasteiger partial charge in [0.2, 0.25) is 0 Å². The highest BCUT2D eigenvalue weighted by Gasteiger charge is 2.27. The molecule has 1 saturated heterocycles. The Morgan fingerprint density at radius 1 is 1.58 bits per heavy atom. The van der Waals surface area contributed by atoms with Crippen molar-refractivity contribution in [3.63, 3.8) is 0 Å². The first-order valence-corrected chi connectivity index (χ1v) is 6.84. The van der Waals surface area contributed by atoms with Crippen LogP contribution in [0.5, 0.6) is 0 Å². The van der Waals surface area contributed by atoms with E-state index in [9.17, 15) is 15.2 Å². The molecule has 19 heavy (non-hydrogen) atoms. The number of halogens is 1. The third kappa shape index (κ3) is 3.43. The second-order valence-corrected chi connectivity index (χ2v) is 5.70. The molecule has 0 amide bonds. The van der Waals surface area contributed by atoms with Crippen LogP contribution in [0.3, 0.4) is 0 Å². The summed E-state index contributed by atoms with van der Waals surface area (Å²) in [6.07, 6.45) is 0.229. The topological polar surface area (TPSA) is 78.6 Å². The summed E-state index contributed by atoms with van der Waals surface area (Å²) in [5.41, 5.74) is 0.460. The molecule has 0 radical (unpaired) electrons. The van der Waals surface area contributed by atoms with E-state index in [1.807, 2.05) is 11.9 Å².